The van der Waals surface area contributed by atoms with Gasteiger partial charge in [-0.1, -0.05) is 11.2 Å². The Bertz CT molecular complexity index is 537. The fraction of sp³-hybridized carbons (Fsp3) is 0. The standard InChI is InChI=1S/C12H6ClF4P/c13-18(11-3-1-7(14)5-9(11)16)12-4-2-8(15)6-10(12)17/h1-6H. The van der Waals surface area contributed by atoms with Crippen molar-refractivity contribution < 1.29 is 17.6 Å². The van der Waals surface area contributed by atoms with E-state index >= 15 is 0 Å². The van der Waals surface area contributed by atoms with Crippen LogP contribution in [0.25, 0.3) is 0 Å². The Hall–Kier alpha value is -1.12. The topological polar surface area (TPSA) is 0 Å². The van der Waals surface area contributed by atoms with Gasteiger partial charge in [-0.3, -0.25) is 0 Å². The maximum Gasteiger partial charge on any atom is 0.135 e. The molecule has 0 bridgehead atoms. The smallest absolute Gasteiger partial charge is 0.135 e. The molecule has 6 heteroatoms. The summed E-state index contributed by atoms with van der Waals surface area (Å²) in [6.07, 6.45) is 0. The first-order valence-corrected chi connectivity index (χ1v) is 7.09. The fourth-order valence-corrected chi connectivity index (χ4v) is 3.41. The summed E-state index contributed by atoms with van der Waals surface area (Å²) < 4.78 is 52.5. The van der Waals surface area contributed by atoms with Crippen LogP contribution in [0.15, 0.2) is 36.4 Å². The first kappa shape index (κ1) is 13.3. The Kier molecular flexibility index (Phi) is 3.88. The molecule has 0 unspecified atom stereocenters. The van der Waals surface area contributed by atoms with E-state index in [9.17, 15) is 17.6 Å². The van der Waals surface area contributed by atoms with E-state index in [2.05, 4.69) is 0 Å². The Balaban J connectivity index is 2.44. The molecule has 18 heavy (non-hydrogen) atoms. The maximum absolute atomic E-state index is 13.5. The predicted octanol–water partition coefficient (Wildman–Crippen LogP) is 3.83. The van der Waals surface area contributed by atoms with Gasteiger partial charge < -0.3 is 0 Å². The molecule has 0 radical (unpaired) electrons. The molecule has 0 aromatic heterocycles. The van der Waals surface area contributed by atoms with E-state index in [1.807, 2.05) is 0 Å². The molecule has 0 atom stereocenters. The van der Waals surface area contributed by atoms with Gasteiger partial charge in [0, 0.05) is 22.7 Å². The summed E-state index contributed by atoms with van der Waals surface area (Å²) in [6, 6.07) is 5.75. The van der Waals surface area contributed by atoms with Gasteiger partial charge in [-0.15, -0.1) is 0 Å². The van der Waals surface area contributed by atoms with Crippen LogP contribution in [0.3, 0.4) is 0 Å². The molecule has 2 rings (SSSR count). The molecule has 2 aromatic rings. The van der Waals surface area contributed by atoms with Crippen molar-refractivity contribution in [2.24, 2.45) is 0 Å². The third-order valence-corrected chi connectivity index (χ3v) is 4.91. The molecule has 0 aliphatic heterocycles. The predicted molar refractivity (Wildman–Crippen MR) is 64.8 cm³/mol. The zero-order valence-electron chi connectivity index (χ0n) is 8.80. The molecule has 0 spiro atoms. The summed E-state index contributed by atoms with van der Waals surface area (Å²) in [5.41, 5.74) is 0. The Morgan fingerprint density at radius 1 is 0.722 bits per heavy atom. The van der Waals surface area contributed by atoms with E-state index in [4.69, 9.17) is 11.2 Å². The summed E-state index contributed by atoms with van der Waals surface area (Å²) in [7, 11) is -1.85. The lowest BCUT2D eigenvalue weighted by atomic mass is 10.3. The summed E-state index contributed by atoms with van der Waals surface area (Å²) in [6.45, 7) is 0. The van der Waals surface area contributed by atoms with Crippen LogP contribution in [0, 0.1) is 23.3 Å². The highest BCUT2D eigenvalue weighted by Gasteiger charge is 2.19. The molecular formula is C12H6ClF4P. The van der Waals surface area contributed by atoms with Crippen LogP contribution in [-0.2, 0) is 0 Å². The van der Waals surface area contributed by atoms with Gasteiger partial charge in [0.2, 0.25) is 0 Å². The van der Waals surface area contributed by atoms with Crippen molar-refractivity contribution in [3.63, 3.8) is 0 Å². The number of rotatable bonds is 2. The second-order valence-electron chi connectivity index (χ2n) is 3.47. The number of hydrogen-bond donors (Lipinski definition) is 0. The zero-order chi connectivity index (χ0) is 13.3. The summed E-state index contributed by atoms with van der Waals surface area (Å²) in [5, 5.41) is -0.00264. The van der Waals surface area contributed by atoms with Crippen molar-refractivity contribution in [3.05, 3.63) is 59.7 Å². The van der Waals surface area contributed by atoms with Crippen molar-refractivity contribution in [1.82, 2.24) is 0 Å². The van der Waals surface area contributed by atoms with E-state index in [0.717, 1.165) is 24.3 Å². The molecule has 0 saturated carbocycles. The van der Waals surface area contributed by atoms with Crippen LogP contribution in [0.4, 0.5) is 17.6 Å². The van der Waals surface area contributed by atoms with Gasteiger partial charge in [0.15, 0.2) is 0 Å². The highest BCUT2D eigenvalue weighted by atomic mass is 35.7. The maximum atomic E-state index is 13.5. The van der Waals surface area contributed by atoms with Crippen LogP contribution in [-0.4, -0.2) is 0 Å². The van der Waals surface area contributed by atoms with Crippen molar-refractivity contribution >= 4 is 29.1 Å². The van der Waals surface area contributed by atoms with Crippen LogP contribution < -0.4 is 10.6 Å². The van der Waals surface area contributed by atoms with Crippen LogP contribution in [0.1, 0.15) is 0 Å². The molecule has 0 heterocycles. The molecule has 0 aliphatic carbocycles. The lowest BCUT2D eigenvalue weighted by Gasteiger charge is -2.12. The minimum Gasteiger partial charge on any atom is -0.207 e. The highest BCUT2D eigenvalue weighted by Crippen LogP contribution is 2.40. The summed E-state index contributed by atoms with van der Waals surface area (Å²) >= 11 is 5.99. The average molecular weight is 293 g/mol. The van der Waals surface area contributed by atoms with Gasteiger partial charge >= 0.3 is 0 Å². The van der Waals surface area contributed by atoms with E-state index < -0.39 is 30.5 Å². The van der Waals surface area contributed by atoms with Gasteiger partial charge in [0.1, 0.15) is 23.3 Å². The first-order valence-electron chi connectivity index (χ1n) is 4.85. The largest absolute Gasteiger partial charge is 0.207 e. The molecule has 0 saturated heterocycles. The molecule has 0 aliphatic rings. The molecule has 2 aromatic carbocycles. The van der Waals surface area contributed by atoms with Gasteiger partial charge in [0.25, 0.3) is 0 Å². The number of benzene rings is 2. The van der Waals surface area contributed by atoms with Crippen molar-refractivity contribution in [2.75, 3.05) is 0 Å². The lowest BCUT2D eigenvalue weighted by molar-refractivity contribution is 0.588. The highest BCUT2D eigenvalue weighted by molar-refractivity contribution is 7.95. The first-order chi connectivity index (χ1) is 8.49. The van der Waals surface area contributed by atoms with Gasteiger partial charge in [-0.05, 0) is 24.3 Å². The van der Waals surface area contributed by atoms with E-state index in [1.54, 1.807) is 0 Å². The SMILES string of the molecule is Fc1ccc(P(Cl)c2ccc(F)cc2F)c(F)c1. The Morgan fingerprint density at radius 3 is 1.44 bits per heavy atom. The second kappa shape index (κ2) is 5.25. The monoisotopic (exact) mass is 292 g/mol. The quantitative estimate of drug-likeness (QED) is 0.583. The minimum absolute atomic E-state index is 0.00132. The normalized spacial score (nSPS) is 11.0. The van der Waals surface area contributed by atoms with Crippen LogP contribution in [0.2, 0.25) is 0 Å². The number of halogens is 5. The second-order valence-corrected chi connectivity index (χ2v) is 6.01. The van der Waals surface area contributed by atoms with Gasteiger partial charge in [0.05, 0.1) is 7.27 Å². The number of hydrogen-bond acceptors (Lipinski definition) is 0. The van der Waals surface area contributed by atoms with Gasteiger partial charge in [-0.25, -0.2) is 17.6 Å². The van der Waals surface area contributed by atoms with E-state index in [0.29, 0.717) is 12.1 Å². The van der Waals surface area contributed by atoms with Gasteiger partial charge in [-0.2, -0.15) is 0 Å². The zero-order valence-corrected chi connectivity index (χ0v) is 10.5. The van der Waals surface area contributed by atoms with E-state index in [-0.39, 0.29) is 10.6 Å². The van der Waals surface area contributed by atoms with Crippen LogP contribution in [0.5, 0.6) is 0 Å². The summed E-state index contributed by atoms with van der Waals surface area (Å²) in [5.74, 6) is -3.17. The molecule has 94 valence electrons. The van der Waals surface area contributed by atoms with Crippen molar-refractivity contribution in [2.45, 2.75) is 0 Å². The molecule has 0 N–H and O–H groups in total. The lowest BCUT2D eigenvalue weighted by Crippen LogP contribution is -2.15. The summed E-state index contributed by atoms with van der Waals surface area (Å²) in [4.78, 5) is 0. The third kappa shape index (κ3) is 2.65. The fourth-order valence-electron chi connectivity index (χ4n) is 1.41. The molecular weight excluding hydrogens is 287 g/mol. The van der Waals surface area contributed by atoms with Crippen LogP contribution >= 0.6 is 18.5 Å². The average Bonchev–Trinajstić information content (AvgIpc) is 2.28. The molecule has 0 amide bonds. The van der Waals surface area contributed by atoms with Crippen molar-refractivity contribution in [3.8, 4) is 0 Å². The Labute approximate surface area is 107 Å². The third-order valence-electron chi connectivity index (χ3n) is 2.24. The molecule has 0 fully saturated rings. The van der Waals surface area contributed by atoms with E-state index in [1.165, 1.54) is 0 Å². The Morgan fingerprint density at radius 2 is 1.11 bits per heavy atom. The van der Waals surface area contributed by atoms with Crippen molar-refractivity contribution in [1.29, 1.82) is 0 Å². The minimum atomic E-state index is -1.85. The molecule has 0 nitrogen and oxygen atoms in total.